The van der Waals surface area contributed by atoms with Crippen molar-refractivity contribution in [2.45, 2.75) is 6.42 Å². The van der Waals surface area contributed by atoms with E-state index in [1.807, 2.05) is 0 Å². The number of hydrogen-bond acceptors (Lipinski definition) is 2. The second-order valence-electron chi connectivity index (χ2n) is 2.29. The molecule has 0 radical (unpaired) electrons. The first-order chi connectivity index (χ1) is 7.15. The summed E-state index contributed by atoms with van der Waals surface area (Å²) in [5, 5.41) is 0. The van der Waals surface area contributed by atoms with Crippen LogP contribution in [0.25, 0.3) is 0 Å². The average molecular weight is 354 g/mol. The molecule has 0 aromatic rings. The van der Waals surface area contributed by atoms with Gasteiger partial charge in [-0.1, -0.05) is 24.3 Å². The van der Waals surface area contributed by atoms with Crippen LogP contribution in [-0.4, -0.2) is 27.4 Å². The van der Waals surface area contributed by atoms with Gasteiger partial charge >= 0.3 is 43.7 Å². The predicted octanol–water partition coefficient (Wildman–Crippen LogP) is 3.85. The average Bonchev–Trinajstić information content (AvgIpc) is 2.71. The first-order valence-corrected chi connectivity index (χ1v) is 13.8. The molecular formula is C9H16Cl3O2Zr. The van der Waals surface area contributed by atoms with E-state index in [-0.39, 0.29) is 0 Å². The Balaban J connectivity index is 0. The molecule has 1 rings (SSSR count). The van der Waals surface area contributed by atoms with E-state index in [1.165, 1.54) is 0 Å². The molecule has 0 saturated carbocycles. The van der Waals surface area contributed by atoms with Gasteiger partial charge in [0, 0.05) is 14.2 Å². The van der Waals surface area contributed by atoms with E-state index in [0.29, 0.717) is 13.2 Å². The topological polar surface area (TPSA) is 18.5 Å². The molecular weight excluding hydrogens is 338 g/mol. The van der Waals surface area contributed by atoms with E-state index in [9.17, 15) is 0 Å². The van der Waals surface area contributed by atoms with Crippen LogP contribution in [0.3, 0.4) is 0 Å². The molecule has 89 valence electrons. The van der Waals surface area contributed by atoms with Gasteiger partial charge in [-0.15, -0.1) is 0 Å². The van der Waals surface area contributed by atoms with Crippen LogP contribution >= 0.6 is 25.5 Å². The summed E-state index contributed by atoms with van der Waals surface area (Å²) < 4.78 is 9.31. The quantitative estimate of drug-likeness (QED) is 0.718. The van der Waals surface area contributed by atoms with Crippen molar-refractivity contribution in [3.8, 4) is 0 Å². The number of hydrogen-bond donors (Lipinski definition) is 0. The number of allylic oxidation sites excluding steroid dienone is 4. The summed E-state index contributed by atoms with van der Waals surface area (Å²) in [4.78, 5) is 0. The van der Waals surface area contributed by atoms with E-state index >= 15 is 0 Å². The molecule has 0 atom stereocenters. The summed E-state index contributed by atoms with van der Waals surface area (Å²) in [6, 6.07) is 0. The van der Waals surface area contributed by atoms with Gasteiger partial charge < -0.3 is 9.47 Å². The maximum absolute atomic E-state index is 5.00. The Labute approximate surface area is 110 Å². The summed E-state index contributed by atoms with van der Waals surface area (Å²) in [6.45, 7) is 1.38. The van der Waals surface area contributed by atoms with Crippen LogP contribution in [0, 0.1) is 0 Å². The van der Waals surface area contributed by atoms with Crippen molar-refractivity contribution in [3.63, 3.8) is 0 Å². The van der Waals surface area contributed by atoms with Crippen molar-refractivity contribution in [2.75, 3.05) is 27.4 Å². The zero-order valence-electron chi connectivity index (χ0n) is 8.88. The maximum atomic E-state index is 5.00. The molecule has 0 fully saturated rings. The van der Waals surface area contributed by atoms with E-state index in [1.54, 1.807) is 14.2 Å². The SMILES string of the molecule is C1=CCC=C1.COCCOC.[Cl][Zr]([Cl])[Cl]. The monoisotopic (exact) mass is 351 g/mol. The Morgan fingerprint density at radius 2 is 1.33 bits per heavy atom. The minimum atomic E-state index is -2.13. The van der Waals surface area contributed by atoms with Gasteiger partial charge in [0.15, 0.2) is 0 Å². The van der Waals surface area contributed by atoms with Crippen LogP contribution in [0.1, 0.15) is 6.42 Å². The molecule has 0 spiro atoms. The molecule has 0 bridgehead atoms. The van der Waals surface area contributed by atoms with Gasteiger partial charge in [-0.25, -0.2) is 0 Å². The Kier molecular flexibility index (Phi) is 21.7. The van der Waals surface area contributed by atoms with Gasteiger partial charge in [-0.2, -0.15) is 0 Å². The molecule has 0 saturated heterocycles. The molecule has 2 nitrogen and oxygen atoms in total. The Morgan fingerprint density at radius 3 is 1.47 bits per heavy atom. The van der Waals surface area contributed by atoms with Crippen LogP contribution in [-0.2, 0) is 27.6 Å². The molecule has 0 unspecified atom stereocenters. The Bertz CT molecular complexity index is 147. The molecule has 0 aromatic heterocycles. The molecule has 0 aromatic carbocycles. The molecule has 0 aliphatic heterocycles. The van der Waals surface area contributed by atoms with E-state index in [0.717, 1.165) is 6.42 Å². The van der Waals surface area contributed by atoms with Crippen molar-refractivity contribution in [3.05, 3.63) is 24.3 Å². The van der Waals surface area contributed by atoms with Crippen molar-refractivity contribution >= 4 is 25.5 Å². The van der Waals surface area contributed by atoms with Gasteiger partial charge in [0.2, 0.25) is 0 Å². The van der Waals surface area contributed by atoms with E-state index in [4.69, 9.17) is 25.5 Å². The standard InChI is InChI=1S/C5H6.C4H10O2.3ClH.Zr/c1-2-4-5-3-1;1-5-3-4-6-2;;;;/h1-4H,5H2;3-4H2,1-2H3;3*1H;/q;;;;;+3/p-3. The molecule has 15 heavy (non-hydrogen) atoms. The Hall–Kier alpha value is 1.15. The summed E-state index contributed by atoms with van der Waals surface area (Å²) in [7, 11) is 18.3. The summed E-state index contributed by atoms with van der Waals surface area (Å²) in [6.07, 6.45) is 9.50. The van der Waals surface area contributed by atoms with E-state index in [2.05, 4.69) is 33.8 Å². The van der Waals surface area contributed by atoms with Gasteiger partial charge in [0.05, 0.1) is 13.2 Å². The number of rotatable bonds is 3. The van der Waals surface area contributed by atoms with Gasteiger partial charge in [0.1, 0.15) is 0 Å². The second kappa shape index (κ2) is 17.5. The summed E-state index contributed by atoms with van der Waals surface area (Å²) in [5.74, 6) is 0. The van der Waals surface area contributed by atoms with Crippen LogP contribution in [0.4, 0.5) is 0 Å². The zero-order valence-corrected chi connectivity index (χ0v) is 13.6. The summed E-state index contributed by atoms with van der Waals surface area (Å²) in [5.41, 5.74) is 0. The van der Waals surface area contributed by atoms with Gasteiger partial charge in [0.25, 0.3) is 0 Å². The van der Waals surface area contributed by atoms with Gasteiger partial charge in [-0.05, 0) is 6.42 Å². The first-order valence-electron chi connectivity index (χ1n) is 4.28. The predicted molar refractivity (Wildman–Crippen MR) is 64.2 cm³/mol. The second-order valence-corrected chi connectivity index (χ2v) is 13.5. The third-order valence-electron chi connectivity index (χ3n) is 1.15. The molecule has 0 N–H and O–H groups in total. The fourth-order valence-corrected chi connectivity index (χ4v) is 0.560. The molecule has 1 aliphatic carbocycles. The number of halogens is 3. The zero-order chi connectivity index (χ0) is 11.9. The number of methoxy groups -OCH3 is 2. The van der Waals surface area contributed by atoms with Crippen LogP contribution in [0.5, 0.6) is 0 Å². The number of ether oxygens (including phenoxy) is 2. The van der Waals surface area contributed by atoms with Crippen LogP contribution < -0.4 is 0 Å². The molecule has 0 heterocycles. The van der Waals surface area contributed by atoms with Crippen molar-refractivity contribution in [1.82, 2.24) is 0 Å². The molecule has 0 amide bonds. The fraction of sp³-hybridized carbons (Fsp3) is 0.556. The van der Waals surface area contributed by atoms with Crippen molar-refractivity contribution in [1.29, 1.82) is 0 Å². The summed E-state index contributed by atoms with van der Waals surface area (Å²) >= 11 is -2.13. The third kappa shape index (κ3) is 31.3. The van der Waals surface area contributed by atoms with Crippen molar-refractivity contribution in [2.24, 2.45) is 0 Å². The molecule has 1 aliphatic rings. The Morgan fingerprint density at radius 1 is 1.00 bits per heavy atom. The third-order valence-corrected chi connectivity index (χ3v) is 1.15. The van der Waals surface area contributed by atoms with Gasteiger partial charge in [-0.3, -0.25) is 0 Å². The van der Waals surface area contributed by atoms with Crippen molar-refractivity contribution < 1.29 is 27.6 Å². The minimum absolute atomic E-state index is 0.691. The van der Waals surface area contributed by atoms with E-state index < -0.39 is 18.2 Å². The first kappa shape index (κ1) is 18.5. The fourth-order valence-electron chi connectivity index (χ4n) is 0.560. The normalized spacial score (nSPS) is 11.3. The molecule has 6 heteroatoms. The van der Waals surface area contributed by atoms with Crippen LogP contribution in [0.15, 0.2) is 24.3 Å². The van der Waals surface area contributed by atoms with Crippen LogP contribution in [0.2, 0.25) is 0 Å².